The van der Waals surface area contributed by atoms with Crippen LogP contribution in [0.3, 0.4) is 0 Å². The summed E-state index contributed by atoms with van der Waals surface area (Å²) >= 11 is 0. The molecule has 0 atom stereocenters. The van der Waals surface area contributed by atoms with Gasteiger partial charge in [0.25, 0.3) is 0 Å². The Hall–Kier alpha value is 0.608. The first-order valence-electron chi connectivity index (χ1n) is 3.41. The van der Waals surface area contributed by atoms with E-state index in [0.717, 1.165) is 0 Å². The van der Waals surface area contributed by atoms with E-state index >= 15 is 0 Å². The summed E-state index contributed by atoms with van der Waals surface area (Å²) in [6, 6.07) is 0. The minimum Gasteiger partial charge on any atom is -0.693 e. The Kier molecular flexibility index (Phi) is 21000. The van der Waals surface area contributed by atoms with Crippen molar-refractivity contribution in [3.05, 3.63) is 27.2 Å². The van der Waals surface area contributed by atoms with E-state index in [1.165, 1.54) is 6.42 Å². The molecule has 3 heteroatoms. The molecular formula is C14H50N2Pt. The van der Waals surface area contributed by atoms with Gasteiger partial charge in [-0.2, -0.15) is 0 Å². The van der Waals surface area contributed by atoms with Gasteiger partial charge in [0.05, 0.1) is 0 Å². The van der Waals surface area contributed by atoms with E-state index in [-0.39, 0.29) is 85.4 Å². The average Bonchev–Trinajstić information content (AvgIpc) is 1.78. The van der Waals surface area contributed by atoms with Gasteiger partial charge < -0.3 is 27.2 Å². The third kappa shape index (κ3) is 9580. The van der Waals surface area contributed by atoms with E-state index in [1.54, 1.807) is 0 Å². The van der Waals surface area contributed by atoms with Gasteiger partial charge in [-0.05, 0) is 0 Å². The van der Waals surface area contributed by atoms with Gasteiger partial charge in [0, 0.05) is 0 Å². The molecule has 17 heavy (non-hydrogen) atoms. The summed E-state index contributed by atoms with van der Waals surface area (Å²) in [6.07, 6.45) is 1.25. The molecule has 4 N–H and O–H groups in total. The van der Waals surface area contributed by atoms with E-state index in [4.69, 9.17) is 0 Å². The third-order valence-corrected chi connectivity index (χ3v) is 0. The standard InChI is InChI=1S/C3H8.2C2H6.5CH4.2CH3.2H2N.Pt/c1-3-2;2*1-2;;;;;;;;;;/h3H2,1-2H3;2*1-2H3;5*1H4;2*1H3;2*1H2;/q;;;;;;;;4*-1;+4. The van der Waals surface area contributed by atoms with Crippen molar-refractivity contribution < 1.29 is 21.1 Å². The van der Waals surface area contributed by atoms with Crippen LogP contribution >= 0.6 is 0 Å². The maximum atomic E-state index is 2.12. The fraction of sp³-hybridized carbons (Fsp3) is 0.857. The van der Waals surface area contributed by atoms with Crippen molar-refractivity contribution in [1.82, 2.24) is 0 Å². The Labute approximate surface area is 133 Å². The normalized spacial score (nSPS) is 1.76. The van der Waals surface area contributed by atoms with Crippen LogP contribution < -0.4 is 0 Å². The van der Waals surface area contributed by atoms with E-state index in [2.05, 4.69) is 13.8 Å². The van der Waals surface area contributed by atoms with E-state index in [1.807, 2.05) is 27.7 Å². The van der Waals surface area contributed by atoms with Crippen molar-refractivity contribution in [2.24, 2.45) is 0 Å². The predicted octanol–water partition coefficient (Wildman–Crippen LogP) is 8.98. The summed E-state index contributed by atoms with van der Waals surface area (Å²) in [5, 5.41) is 0. The van der Waals surface area contributed by atoms with E-state index in [9.17, 15) is 0 Å². The summed E-state index contributed by atoms with van der Waals surface area (Å²) in [5.41, 5.74) is 0. The molecule has 0 aromatic heterocycles. The molecule has 0 saturated carbocycles. The van der Waals surface area contributed by atoms with Crippen LogP contribution in [0, 0.1) is 14.9 Å². The van der Waals surface area contributed by atoms with Crippen LogP contribution in [-0.2, 0) is 21.1 Å². The van der Waals surface area contributed by atoms with E-state index < -0.39 is 0 Å². The largest absolute Gasteiger partial charge is 4.00 e. The van der Waals surface area contributed by atoms with Crippen LogP contribution in [0.15, 0.2) is 0 Å². The zero-order chi connectivity index (χ0) is 6.71. The van der Waals surface area contributed by atoms with Crippen molar-refractivity contribution in [1.29, 1.82) is 0 Å². The summed E-state index contributed by atoms with van der Waals surface area (Å²) in [6.45, 7) is 12.2. The van der Waals surface area contributed by atoms with Crippen LogP contribution in [0.4, 0.5) is 0 Å². The molecule has 0 amide bonds. The first-order chi connectivity index (χ1) is 3.41. The Balaban J connectivity index is -0.00000000100. The van der Waals surface area contributed by atoms with Crippen molar-refractivity contribution in [2.75, 3.05) is 0 Å². The second-order valence-corrected chi connectivity index (χ2v) is 0.707. The summed E-state index contributed by atoms with van der Waals surface area (Å²) in [5.74, 6) is 0. The Morgan fingerprint density at radius 3 is 0.529 bits per heavy atom. The van der Waals surface area contributed by atoms with Crippen LogP contribution in [0.2, 0.25) is 0 Å². The molecule has 0 rings (SSSR count). The predicted molar refractivity (Wildman–Crippen MR) is 95.7 cm³/mol. The number of hydrogen-bond acceptors (Lipinski definition) is 0. The van der Waals surface area contributed by atoms with Gasteiger partial charge in [0.2, 0.25) is 0 Å². The molecule has 0 unspecified atom stereocenters. The van der Waals surface area contributed by atoms with Gasteiger partial charge >= 0.3 is 21.1 Å². The maximum Gasteiger partial charge on any atom is 4.00 e. The molecule has 126 valence electrons. The van der Waals surface area contributed by atoms with E-state index in [0.29, 0.717) is 0 Å². The average molecular weight is 442 g/mol. The maximum absolute atomic E-state index is 2.12. The second-order valence-electron chi connectivity index (χ2n) is 0.707. The van der Waals surface area contributed by atoms with Gasteiger partial charge in [0.1, 0.15) is 0 Å². The first-order valence-corrected chi connectivity index (χ1v) is 3.41. The SMILES string of the molecule is C.C.C.C.C.CC.CC.CCC.[CH3-].[CH3-].[NH2-].[NH2-].[Pt+4]. The van der Waals surface area contributed by atoms with Crippen molar-refractivity contribution in [2.45, 2.75) is 85.1 Å². The zero-order valence-electron chi connectivity index (χ0n) is 10.2. The molecule has 0 heterocycles. The fourth-order valence-electron chi connectivity index (χ4n) is 0. The molecule has 0 aromatic carbocycles. The minimum atomic E-state index is 0. The molecule has 0 aliphatic carbocycles. The van der Waals surface area contributed by atoms with Gasteiger partial charge in [-0.15, -0.1) is 0 Å². The van der Waals surface area contributed by atoms with Crippen molar-refractivity contribution in [3.8, 4) is 0 Å². The smallest absolute Gasteiger partial charge is 0.693 e. The first kappa shape index (κ1) is 229. The topological polar surface area (TPSA) is 67.0 Å². The van der Waals surface area contributed by atoms with Crippen LogP contribution in [0.1, 0.15) is 85.1 Å². The molecule has 0 radical (unpaired) electrons. The molecule has 0 bridgehead atoms. The Morgan fingerprint density at radius 2 is 0.529 bits per heavy atom. The van der Waals surface area contributed by atoms with Gasteiger partial charge in [0.15, 0.2) is 0 Å². The Bertz CT molecular complexity index is 14.2. The van der Waals surface area contributed by atoms with Crippen LogP contribution in [0.25, 0.3) is 12.3 Å². The van der Waals surface area contributed by atoms with Gasteiger partial charge in [-0.1, -0.05) is 85.1 Å². The number of rotatable bonds is 0. The minimum absolute atomic E-state index is 0. The number of hydrogen-bond donors (Lipinski definition) is 0. The molecule has 0 aromatic rings. The van der Waals surface area contributed by atoms with Crippen molar-refractivity contribution >= 4 is 0 Å². The van der Waals surface area contributed by atoms with Gasteiger partial charge in [-0.3, -0.25) is 0 Å². The zero-order valence-corrected chi connectivity index (χ0v) is 12.5. The van der Waals surface area contributed by atoms with Gasteiger partial charge in [-0.25, -0.2) is 0 Å². The monoisotopic (exact) mass is 441 g/mol. The molecule has 0 spiro atoms. The molecule has 2 nitrogen and oxygen atoms in total. The van der Waals surface area contributed by atoms with Crippen LogP contribution in [0.5, 0.6) is 0 Å². The number of nitrogens with two attached hydrogens (primary N) is 2. The quantitative estimate of drug-likeness (QED) is 0.337. The molecule has 0 aliphatic heterocycles. The third-order valence-electron chi connectivity index (χ3n) is 0. The molecule has 0 saturated heterocycles. The molecule has 0 aliphatic rings. The second kappa shape index (κ2) is 1560. The summed E-state index contributed by atoms with van der Waals surface area (Å²) in [4.78, 5) is 0. The summed E-state index contributed by atoms with van der Waals surface area (Å²) in [7, 11) is 0. The molecule has 0 fully saturated rings. The Morgan fingerprint density at radius 1 is 0.529 bits per heavy atom. The summed E-state index contributed by atoms with van der Waals surface area (Å²) < 4.78 is 0. The fourth-order valence-corrected chi connectivity index (χ4v) is 0. The van der Waals surface area contributed by atoms with Crippen molar-refractivity contribution in [3.63, 3.8) is 0 Å². The van der Waals surface area contributed by atoms with Crippen LogP contribution in [-0.4, -0.2) is 0 Å². The molecular weight excluding hydrogens is 391 g/mol.